The Morgan fingerprint density at radius 3 is 3.00 bits per heavy atom. The molecule has 2 heterocycles. The lowest BCUT2D eigenvalue weighted by Crippen LogP contribution is -2.29. The monoisotopic (exact) mass is 347 g/mol. The number of aromatic nitrogens is 1. The molecule has 1 aliphatic rings. The third kappa shape index (κ3) is 3.38. The Balaban J connectivity index is 0.00000182. The second-order valence-electron chi connectivity index (χ2n) is 6.97. The van der Waals surface area contributed by atoms with E-state index in [0.717, 1.165) is 38.2 Å². The first-order valence-corrected chi connectivity index (χ1v) is 9.18. The summed E-state index contributed by atoms with van der Waals surface area (Å²) in [5.41, 5.74) is 4.99. The Kier molecular flexibility index (Phi) is 5.33. The zero-order valence-electron chi connectivity index (χ0n) is 15.7. The van der Waals surface area contributed by atoms with Crippen LogP contribution in [0.4, 0.5) is 0 Å². The highest BCUT2D eigenvalue weighted by molar-refractivity contribution is 5.92. The molecule has 5 heteroatoms. The number of carbonyl (C=O) groups is 1. The number of aromatic amines is 1. The molecule has 0 fully saturated rings. The van der Waals surface area contributed by atoms with E-state index in [-0.39, 0.29) is 14.7 Å². The number of hydrogen-bond acceptors (Lipinski definition) is 3. The number of nitrogens with one attached hydrogen (secondary N) is 2. The molecule has 1 aromatic heterocycles. The van der Waals surface area contributed by atoms with Gasteiger partial charge in [-0.15, -0.1) is 0 Å². The summed E-state index contributed by atoms with van der Waals surface area (Å²) in [7, 11) is 3.61. The molecular weight excluding hydrogens is 314 g/mol. The lowest BCUT2D eigenvalue weighted by Gasteiger charge is -2.25. The van der Waals surface area contributed by atoms with Gasteiger partial charge in [0.2, 0.25) is 5.91 Å². The van der Waals surface area contributed by atoms with Gasteiger partial charge in [0.1, 0.15) is 5.75 Å². The van der Waals surface area contributed by atoms with Gasteiger partial charge in [-0.1, -0.05) is 0 Å². The quantitative estimate of drug-likeness (QED) is 0.871. The Bertz CT molecular complexity index is 776. The van der Waals surface area contributed by atoms with Crippen LogP contribution in [0, 0.1) is 6.92 Å². The van der Waals surface area contributed by atoms with Crippen molar-refractivity contribution in [3.8, 4) is 5.75 Å². The molecule has 1 aliphatic heterocycles. The topological polar surface area (TPSA) is 57.4 Å². The van der Waals surface area contributed by atoms with E-state index in [2.05, 4.69) is 29.5 Å². The van der Waals surface area contributed by atoms with Crippen molar-refractivity contribution in [1.82, 2.24) is 15.2 Å². The number of aryl methyl sites for hydroxylation is 1. The van der Waals surface area contributed by atoms with E-state index in [1.54, 1.807) is 12.0 Å². The van der Waals surface area contributed by atoms with E-state index in [4.69, 9.17) is 4.74 Å². The zero-order chi connectivity index (χ0) is 18.0. The van der Waals surface area contributed by atoms with Crippen LogP contribution in [-0.2, 0) is 11.2 Å². The maximum atomic E-state index is 12.3. The second-order valence-corrected chi connectivity index (χ2v) is 6.97. The number of amides is 1. The van der Waals surface area contributed by atoms with Gasteiger partial charge >= 0.3 is 0 Å². The Morgan fingerprint density at radius 1 is 1.48 bits per heavy atom. The summed E-state index contributed by atoms with van der Waals surface area (Å²) in [5.74, 6) is 1.42. The van der Waals surface area contributed by atoms with E-state index in [0.29, 0.717) is 6.42 Å². The van der Waals surface area contributed by atoms with Gasteiger partial charge in [0.15, 0.2) is 0 Å². The van der Waals surface area contributed by atoms with Crippen LogP contribution in [0.2, 0.25) is 0 Å². The summed E-state index contributed by atoms with van der Waals surface area (Å²) in [4.78, 5) is 17.5. The molecule has 0 spiro atoms. The number of hydrogen-bond donors (Lipinski definition) is 2. The first kappa shape index (κ1) is 17.8. The number of carbonyl (C=O) groups excluding carboxylic acids is 1. The Labute approximate surface area is 152 Å². The SMILES string of the molecule is CCN(C)C(=O)CCC1CNCCc2c[nH]c3c(C)cc(OC)c1c23.[HH].[HH]. The molecule has 0 radical (unpaired) electrons. The van der Waals surface area contributed by atoms with Crippen molar-refractivity contribution in [3.05, 3.63) is 29.0 Å². The van der Waals surface area contributed by atoms with E-state index in [1.165, 1.54) is 27.6 Å². The predicted octanol–water partition coefficient (Wildman–Crippen LogP) is 3.46. The first-order valence-electron chi connectivity index (χ1n) is 9.18. The van der Waals surface area contributed by atoms with Gasteiger partial charge < -0.3 is 19.9 Å². The van der Waals surface area contributed by atoms with Crippen LogP contribution in [0.5, 0.6) is 5.75 Å². The zero-order valence-corrected chi connectivity index (χ0v) is 15.7. The standard InChI is InChI=1S/C20H29N3O2.2H2/c1-5-23(3)17(24)7-6-14-11-21-9-8-15-12-22-20-13(2)10-16(25-4)18(14)19(15)20;;/h10,12,14,21-22H,5-9,11H2,1-4H3;2*1H. The summed E-state index contributed by atoms with van der Waals surface area (Å²) < 4.78 is 5.75. The summed E-state index contributed by atoms with van der Waals surface area (Å²) in [6.45, 7) is 6.72. The van der Waals surface area contributed by atoms with Crippen molar-refractivity contribution in [3.63, 3.8) is 0 Å². The molecule has 5 nitrogen and oxygen atoms in total. The summed E-state index contributed by atoms with van der Waals surface area (Å²) in [6.07, 6.45) is 4.52. The fourth-order valence-corrected chi connectivity index (χ4v) is 3.84. The lowest BCUT2D eigenvalue weighted by molar-refractivity contribution is -0.129. The van der Waals surface area contributed by atoms with Crippen LogP contribution >= 0.6 is 0 Å². The second kappa shape index (κ2) is 7.48. The van der Waals surface area contributed by atoms with E-state index >= 15 is 0 Å². The largest absolute Gasteiger partial charge is 0.496 e. The average molecular weight is 348 g/mol. The molecule has 0 aliphatic carbocycles. The molecule has 0 saturated heterocycles. The average Bonchev–Trinajstić information content (AvgIpc) is 3.02. The number of methoxy groups -OCH3 is 1. The highest BCUT2D eigenvalue weighted by Gasteiger charge is 2.25. The molecule has 1 amide bonds. The van der Waals surface area contributed by atoms with E-state index in [1.807, 2.05) is 14.0 Å². The summed E-state index contributed by atoms with van der Waals surface area (Å²) in [5, 5.41) is 4.85. The molecule has 2 N–H and O–H groups in total. The Hall–Kier alpha value is -2.01. The van der Waals surface area contributed by atoms with Crippen molar-refractivity contribution in [2.24, 2.45) is 0 Å². The number of H-pyrrole nitrogens is 1. The van der Waals surface area contributed by atoms with Crippen LogP contribution < -0.4 is 10.1 Å². The highest BCUT2D eigenvalue weighted by atomic mass is 16.5. The van der Waals surface area contributed by atoms with Crippen molar-refractivity contribution in [2.45, 2.75) is 39.0 Å². The summed E-state index contributed by atoms with van der Waals surface area (Å²) >= 11 is 0. The molecule has 3 rings (SSSR count). The van der Waals surface area contributed by atoms with Crippen LogP contribution in [0.1, 0.15) is 45.2 Å². The molecule has 0 saturated carbocycles. The van der Waals surface area contributed by atoms with Crippen LogP contribution in [-0.4, -0.2) is 49.6 Å². The predicted molar refractivity (Wildman–Crippen MR) is 106 cm³/mol. The fourth-order valence-electron chi connectivity index (χ4n) is 3.84. The normalized spacial score (nSPS) is 17.2. The van der Waals surface area contributed by atoms with Crippen LogP contribution in [0.15, 0.2) is 12.3 Å². The van der Waals surface area contributed by atoms with E-state index < -0.39 is 0 Å². The van der Waals surface area contributed by atoms with Crippen molar-refractivity contribution in [2.75, 3.05) is 33.8 Å². The smallest absolute Gasteiger partial charge is 0.222 e. The molecule has 25 heavy (non-hydrogen) atoms. The van der Waals surface area contributed by atoms with Crippen LogP contribution in [0.25, 0.3) is 10.9 Å². The van der Waals surface area contributed by atoms with Crippen molar-refractivity contribution in [1.29, 1.82) is 0 Å². The number of ether oxygens (including phenoxy) is 1. The molecule has 1 unspecified atom stereocenters. The molecule has 0 bridgehead atoms. The van der Waals surface area contributed by atoms with Gasteiger partial charge in [-0.25, -0.2) is 0 Å². The van der Waals surface area contributed by atoms with Gasteiger partial charge in [-0.3, -0.25) is 4.79 Å². The highest BCUT2D eigenvalue weighted by Crippen LogP contribution is 2.40. The van der Waals surface area contributed by atoms with Crippen molar-refractivity contribution < 1.29 is 12.4 Å². The maximum absolute atomic E-state index is 12.3. The number of rotatable bonds is 5. The molecule has 140 valence electrons. The van der Waals surface area contributed by atoms with Gasteiger partial charge in [0.25, 0.3) is 0 Å². The maximum Gasteiger partial charge on any atom is 0.222 e. The third-order valence-corrected chi connectivity index (χ3v) is 5.44. The van der Waals surface area contributed by atoms with Gasteiger partial charge in [-0.05, 0) is 50.4 Å². The fraction of sp³-hybridized carbons (Fsp3) is 0.550. The minimum atomic E-state index is 0. The minimum absolute atomic E-state index is 0. The van der Waals surface area contributed by atoms with Gasteiger partial charge in [0, 0.05) is 58.0 Å². The van der Waals surface area contributed by atoms with Gasteiger partial charge in [-0.2, -0.15) is 0 Å². The van der Waals surface area contributed by atoms with E-state index in [9.17, 15) is 4.79 Å². The molecule has 1 aromatic carbocycles. The summed E-state index contributed by atoms with van der Waals surface area (Å²) in [6, 6.07) is 2.12. The lowest BCUT2D eigenvalue weighted by atomic mass is 9.86. The third-order valence-electron chi connectivity index (χ3n) is 5.44. The van der Waals surface area contributed by atoms with Gasteiger partial charge in [0.05, 0.1) is 7.11 Å². The molecular formula is C20H33N3O2. The van der Waals surface area contributed by atoms with Crippen molar-refractivity contribution >= 4 is 16.8 Å². The van der Waals surface area contributed by atoms with Crippen LogP contribution in [0.3, 0.4) is 0 Å². The molecule has 1 atom stereocenters. The Morgan fingerprint density at radius 2 is 2.28 bits per heavy atom. The first-order chi connectivity index (χ1) is 12.1. The molecule has 2 aromatic rings. The minimum Gasteiger partial charge on any atom is -0.496 e. The number of benzene rings is 1. The number of nitrogens with zero attached hydrogens (tertiary/aromatic N) is 1.